The Morgan fingerprint density at radius 3 is 1.95 bits per heavy atom. The third kappa shape index (κ3) is 3.23. The maximum Gasteiger partial charge on any atom is 0.125 e. The van der Waals surface area contributed by atoms with Crippen LogP contribution in [0.1, 0.15) is 35.9 Å². The van der Waals surface area contributed by atoms with Gasteiger partial charge in [-0.05, 0) is 30.2 Å². The third-order valence-corrected chi connectivity index (χ3v) is 3.68. The summed E-state index contributed by atoms with van der Waals surface area (Å²) in [6, 6.07) is 25.1. The molecule has 1 unspecified atom stereocenters. The van der Waals surface area contributed by atoms with E-state index in [9.17, 15) is 0 Å². The maximum atomic E-state index is 5.62. The smallest absolute Gasteiger partial charge is 0.125 e. The van der Waals surface area contributed by atoms with E-state index >= 15 is 0 Å². The van der Waals surface area contributed by atoms with Crippen LogP contribution < -0.4 is 5.32 Å². The van der Waals surface area contributed by atoms with Crippen LogP contribution in [-0.4, -0.2) is 0 Å². The van der Waals surface area contributed by atoms with Crippen molar-refractivity contribution in [3.8, 4) is 0 Å². The molecule has 0 spiro atoms. The van der Waals surface area contributed by atoms with Crippen LogP contribution in [0, 0.1) is 0 Å². The van der Waals surface area contributed by atoms with Crippen molar-refractivity contribution in [3.63, 3.8) is 0 Å². The highest BCUT2D eigenvalue weighted by molar-refractivity contribution is 5.28. The van der Waals surface area contributed by atoms with Gasteiger partial charge in [-0.25, -0.2) is 0 Å². The van der Waals surface area contributed by atoms with Gasteiger partial charge in [0.25, 0.3) is 0 Å². The van der Waals surface area contributed by atoms with Gasteiger partial charge in [-0.2, -0.15) is 0 Å². The van der Waals surface area contributed by atoms with Crippen molar-refractivity contribution < 1.29 is 4.42 Å². The van der Waals surface area contributed by atoms with E-state index in [-0.39, 0.29) is 12.1 Å². The molecular formula is C19H19NO. The SMILES string of the molecule is C[C@H](NC(c1ccccc1)c1ccco1)c1ccccc1. The monoisotopic (exact) mass is 277 g/mol. The zero-order chi connectivity index (χ0) is 14.5. The first-order valence-corrected chi connectivity index (χ1v) is 7.24. The number of nitrogens with one attached hydrogen (secondary N) is 1. The van der Waals surface area contributed by atoms with E-state index in [1.807, 2.05) is 24.3 Å². The first-order chi connectivity index (χ1) is 10.3. The molecule has 2 nitrogen and oxygen atoms in total. The third-order valence-electron chi connectivity index (χ3n) is 3.68. The molecule has 0 saturated heterocycles. The van der Waals surface area contributed by atoms with Gasteiger partial charge >= 0.3 is 0 Å². The Balaban J connectivity index is 1.87. The van der Waals surface area contributed by atoms with Gasteiger partial charge in [0.15, 0.2) is 0 Å². The van der Waals surface area contributed by atoms with Crippen LogP contribution in [0.3, 0.4) is 0 Å². The van der Waals surface area contributed by atoms with Gasteiger partial charge in [0.2, 0.25) is 0 Å². The second-order valence-corrected chi connectivity index (χ2v) is 5.16. The predicted molar refractivity (Wildman–Crippen MR) is 85.0 cm³/mol. The second kappa shape index (κ2) is 6.42. The average molecular weight is 277 g/mol. The summed E-state index contributed by atoms with van der Waals surface area (Å²) in [6.45, 7) is 2.17. The molecule has 0 saturated carbocycles. The molecule has 0 bridgehead atoms. The van der Waals surface area contributed by atoms with Crippen molar-refractivity contribution in [2.45, 2.75) is 19.0 Å². The van der Waals surface area contributed by atoms with Crippen molar-refractivity contribution >= 4 is 0 Å². The molecule has 0 fully saturated rings. The highest BCUT2D eigenvalue weighted by atomic mass is 16.3. The molecule has 2 atom stereocenters. The quantitative estimate of drug-likeness (QED) is 0.730. The van der Waals surface area contributed by atoms with Crippen LogP contribution >= 0.6 is 0 Å². The Hall–Kier alpha value is -2.32. The molecule has 3 aromatic rings. The van der Waals surface area contributed by atoms with Crippen molar-refractivity contribution in [1.82, 2.24) is 5.32 Å². The zero-order valence-electron chi connectivity index (χ0n) is 12.1. The van der Waals surface area contributed by atoms with Gasteiger partial charge in [0.1, 0.15) is 5.76 Å². The molecule has 0 radical (unpaired) electrons. The standard InChI is InChI=1S/C19H19NO/c1-15(16-9-4-2-5-10-16)20-19(18-13-8-14-21-18)17-11-6-3-7-12-17/h2-15,19-20H,1H3/t15-,19?/m0/s1. The Morgan fingerprint density at radius 1 is 0.762 bits per heavy atom. The average Bonchev–Trinajstić information content (AvgIpc) is 3.08. The first-order valence-electron chi connectivity index (χ1n) is 7.24. The van der Waals surface area contributed by atoms with Gasteiger partial charge < -0.3 is 4.42 Å². The molecule has 2 heteroatoms. The summed E-state index contributed by atoms with van der Waals surface area (Å²) in [4.78, 5) is 0. The Bertz CT molecular complexity index is 647. The Labute approximate surface area is 125 Å². The fraction of sp³-hybridized carbons (Fsp3) is 0.158. The van der Waals surface area contributed by atoms with Crippen molar-refractivity contribution in [1.29, 1.82) is 0 Å². The van der Waals surface area contributed by atoms with Crippen LogP contribution in [0.5, 0.6) is 0 Å². The minimum atomic E-state index is 0.0522. The van der Waals surface area contributed by atoms with Crippen LogP contribution in [-0.2, 0) is 0 Å². The van der Waals surface area contributed by atoms with E-state index in [1.54, 1.807) is 6.26 Å². The molecule has 21 heavy (non-hydrogen) atoms. The fourth-order valence-corrected chi connectivity index (χ4v) is 2.53. The van der Waals surface area contributed by atoms with Crippen molar-refractivity contribution in [2.24, 2.45) is 0 Å². The normalized spacial score (nSPS) is 13.8. The van der Waals surface area contributed by atoms with Crippen molar-refractivity contribution in [2.75, 3.05) is 0 Å². The van der Waals surface area contributed by atoms with Crippen LogP contribution in [0.15, 0.2) is 83.5 Å². The van der Waals surface area contributed by atoms with Gasteiger partial charge in [0.05, 0.1) is 12.3 Å². The molecule has 2 aromatic carbocycles. The summed E-state index contributed by atoms with van der Waals surface area (Å²) in [5.74, 6) is 0.934. The summed E-state index contributed by atoms with van der Waals surface area (Å²) in [5, 5.41) is 3.66. The lowest BCUT2D eigenvalue weighted by molar-refractivity contribution is 0.419. The molecule has 106 valence electrons. The first kappa shape index (κ1) is 13.7. The molecule has 0 amide bonds. The number of rotatable bonds is 5. The molecular weight excluding hydrogens is 258 g/mol. The Morgan fingerprint density at radius 2 is 1.38 bits per heavy atom. The summed E-state index contributed by atoms with van der Waals surface area (Å²) >= 11 is 0. The van der Waals surface area contributed by atoms with Gasteiger partial charge in [0, 0.05) is 6.04 Å². The lowest BCUT2D eigenvalue weighted by Gasteiger charge is -2.22. The molecule has 0 aliphatic rings. The molecule has 1 aromatic heterocycles. The summed E-state index contributed by atoms with van der Waals surface area (Å²) in [7, 11) is 0. The largest absolute Gasteiger partial charge is 0.467 e. The molecule has 3 rings (SSSR count). The van der Waals surface area contributed by atoms with E-state index in [4.69, 9.17) is 4.42 Å². The fourth-order valence-electron chi connectivity index (χ4n) is 2.53. The van der Waals surface area contributed by atoms with E-state index in [2.05, 4.69) is 60.8 Å². The summed E-state index contributed by atoms with van der Waals surface area (Å²) in [6.07, 6.45) is 1.72. The lowest BCUT2D eigenvalue weighted by Crippen LogP contribution is -2.25. The number of furan rings is 1. The van der Waals surface area contributed by atoms with E-state index < -0.39 is 0 Å². The molecule has 0 aliphatic heterocycles. The minimum Gasteiger partial charge on any atom is -0.467 e. The van der Waals surface area contributed by atoms with Crippen LogP contribution in [0.25, 0.3) is 0 Å². The topological polar surface area (TPSA) is 25.2 Å². The number of hydrogen-bond acceptors (Lipinski definition) is 2. The van der Waals surface area contributed by atoms with Gasteiger partial charge in [-0.1, -0.05) is 60.7 Å². The molecule has 1 N–H and O–H groups in total. The summed E-state index contributed by atoms with van der Waals surface area (Å²) < 4.78 is 5.62. The number of hydrogen-bond donors (Lipinski definition) is 1. The predicted octanol–water partition coefficient (Wildman–Crippen LogP) is 4.72. The van der Waals surface area contributed by atoms with Crippen molar-refractivity contribution in [3.05, 3.63) is 95.9 Å². The maximum absolute atomic E-state index is 5.62. The molecule has 0 aliphatic carbocycles. The highest BCUT2D eigenvalue weighted by Crippen LogP contribution is 2.26. The van der Waals surface area contributed by atoms with Gasteiger partial charge in [-0.15, -0.1) is 0 Å². The highest BCUT2D eigenvalue weighted by Gasteiger charge is 2.19. The van der Waals surface area contributed by atoms with E-state index in [1.165, 1.54) is 11.1 Å². The van der Waals surface area contributed by atoms with E-state index in [0.29, 0.717) is 0 Å². The lowest BCUT2D eigenvalue weighted by atomic mass is 10.0. The second-order valence-electron chi connectivity index (χ2n) is 5.16. The van der Waals surface area contributed by atoms with E-state index in [0.717, 1.165) is 5.76 Å². The van der Waals surface area contributed by atoms with Gasteiger partial charge in [-0.3, -0.25) is 5.32 Å². The zero-order valence-corrected chi connectivity index (χ0v) is 12.1. The Kier molecular flexibility index (Phi) is 4.17. The molecule has 1 heterocycles. The summed E-state index contributed by atoms with van der Waals surface area (Å²) in [5.41, 5.74) is 2.47. The van der Waals surface area contributed by atoms with Crippen LogP contribution in [0.2, 0.25) is 0 Å². The van der Waals surface area contributed by atoms with Crippen LogP contribution in [0.4, 0.5) is 0 Å². The minimum absolute atomic E-state index is 0.0522. The number of benzene rings is 2.